The van der Waals surface area contributed by atoms with Gasteiger partial charge in [0, 0.05) is 6.42 Å². The van der Waals surface area contributed by atoms with Gasteiger partial charge in [-0.1, -0.05) is 17.7 Å². The molecule has 0 radical (unpaired) electrons. The molecule has 0 unspecified atom stereocenters. The first-order chi connectivity index (χ1) is 7.83. The number of carbonyl (C=O) groups is 1. The van der Waals surface area contributed by atoms with E-state index in [9.17, 15) is 9.90 Å². The van der Waals surface area contributed by atoms with Crippen LogP contribution in [-0.4, -0.2) is 16.5 Å². The van der Waals surface area contributed by atoms with Gasteiger partial charge in [0.25, 0.3) is 0 Å². The van der Waals surface area contributed by atoms with Gasteiger partial charge in [-0.15, -0.1) is 0 Å². The molecule has 2 aliphatic carbocycles. The minimum atomic E-state index is -0.640. The van der Waals surface area contributed by atoms with Crippen LogP contribution in [0.4, 0.5) is 0 Å². The fraction of sp³-hybridized carbons (Fsp3) is 0.667. The van der Waals surface area contributed by atoms with Crippen LogP contribution >= 0.6 is 0 Å². The fourth-order valence-corrected chi connectivity index (χ4v) is 3.38. The van der Waals surface area contributed by atoms with Gasteiger partial charge in [-0.05, 0) is 57.4 Å². The van der Waals surface area contributed by atoms with Crippen LogP contribution in [0, 0.1) is 11.8 Å². The third-order valence-corrected chi connectivity index (χ3v) is 4.52. The van der Waals surface area contributed by atoms with Crippen LogP contribution in [0.3, 0.4) is 0 Å². The van der Waals surface area contributed by atoms with Crippen molar-refractivity contribution in [2.75, 3.05) is 0 Å². The number of carbonyl (C=O) groups excluding carboxylic acids is 1. The monoisotopic (exact) mass is 234 g/mol. The average molecular weight is 234 g/mol. The molecular weight excluding hydrogens is 212 g/mol. The Morgan fingerprint density at radius 3 is 2.71 bits per heavy atom. The normalized spacial score (nSPS) is 38.0. The van der Waals surface area contributed by atoms with Gasteiger partial charge in [-0.3, -0.25) is 4.79 Å². The van der Waals surface area contributed by atoms with Crippen molar-refractivity contribution in [3.8, 4) is 0 Å². The number of aliphatic hydroxyl groups is 1. The van der Waals surface area contributed by atoms with Crippen molar-refractivity contribution in [2.45, 2.75) is 52.1 Å². The van der Waals surface area contributed by atoms with Crippen LogP contribution in [-0.2, 0) is 4.79 Å². The maximum atomic E-state index is 12.1. The topological polar surface area (TPSA) is 37.3 Å². The molecule has 0 heterocycles. The summed E-state index contributed by atoms with van der Waals surface area (Å²) in [4.78, 5) is 12.1. The summed E-state index contributed by atoms with van der Waals surface area (Å²) in [6, 6.07) is 0. The van der Waals surface area contributed by atoms with Gasteiger partial charge < -0.3 is 5.11 Å². The lowest BCUT2D eigenvalue weighted by Crippen LogP contribution is -2.32. The molecule has 0 aromatic carbocycles. The molecule has 0 saturated heterocycles. The second-order valence-corrected chi connectivity index (χ2v) is 6.05. The second-order valence-electron chi connectivity index (χ2n) is 6.05. The van der Waals surface area contributed by atoms with Crippen LogP contribution in [0.2, 0.25) is 0 Å². The van der Waals surface area contributed by atoms with Gasteiger partial charge in [-0.2, -0.15) is 0 Å². The van der Waals surface area contributed by atoms with E-state index >= 15 is 0 Å². The van der Waals surface area contributed by atoms with Crippen LogP contribution in [0.25, 0.3) is 0 Å². The van der Waals surface area contributed by atoms with Crippen molar-refractivity contribution in [2.24, 2.45) is 11.8 Å². The van der Waals surface area contributed by atoms with E-state index in [1.54, 1.807) is 0 Å². The summed E-state index contributed by atoms with van der Waals surface area (Å²) in [5.41, 5.74) is 2.39. The molecule has 0 aromatic heterocycles. The van der Waals surface area contributed by atoms with Crippen molar-refractivity contribution in [3.63, 3.8) is 0 Å². The molecule has 94 valence electrons. The lowest BCUT2D eigenvalue weighted by Gasteiger charge is -2.29. The maximum Gasteiger partial charge on any atom is 0.162 e. The first kappa shape index (κ1) is 12.6. The number of hydrogen-bond acceptors (Lipinski definition) is 2. The highest BCUT2D eigenvalue weighted by Gasteiger charge is 2.47. The predicted molar refractivity (Wildman–Crippen MR) is 68.6 cm³/mol. The molecule has 0 aliphatic heterocycles. The Kier molecular flexibility index (Phi) is 3.03. The molecule has 17 heavy (non-hydrogen) atoms. The van der Waals surface area contributed by atoms with Crippen LogP contribution in [0.1, 0.15) is 46.5 Å². The molecule has 2 heteroatoms. The summed E-state index contributed by atoms with van der Waals surface area (Å²) in [5.74, 6) is 0.706. The largest absolute Gasteiger partial charge is 0.390 e. The summed E-state index contributed by atoms with van der Waals surface area (Å²) in [6.45, 7) is 9.95. The van der Waals surface area contributed by atoms with E-state index < -0.39 is 5.60 Å². The number of hydrogen-bond donors (Lipinski definition) is 1. The Hall–Kier alpha value is -0.890. The predicted octanol–water partition coefficient (Wildman–Crippen LogP) is 3.02. The van der Waals surface area contributed by atoms with E-state index in [1.165, 1.54) is 0 Å². The lowest BCUT2D eigenvalue weighted by atomic mass is 9.81. The molecule has 2 nitrogen and oxygen atoms in total. The fourth-order valence-electron chi connectivity index (χ4n) is 3.38. The first-order valence-corrected chi connectivity index (χ1v) is 6.42. The summed E-state index contributed by atoms with van der Waals surface area (Å²) < 4.78 is 0. The summed E-state index contributed by atoms with van der Waals surface area (Å²) in [6.07, 6.45) is 2.99. The Labute approximate surface area is 103 Å². The Morgan fingerprint density at radius 2 is 2.12 bits per heavy atom. The summed E-state index contributed by atoms with van der Waals surface area (Å²) in [7, 11) is 0. The quantitative estimate of drug-likeness (QED) is 0.517. The van der Waals surface area contributed by atoms with Crippen molar-refractivity contribution in [1.29, 1.82) is 0 Å². The Bertz CT molecular complexity index is 397. The van der Waals surface area contributed by atoms with Gasteiger partial charge in [-0.25, -0.2) is 0 Å². The van der Waals surface area contributed by atoms with Crippen LogP contribution in [0.15, 0.2) is 23.3 Å². The van der Waals surface area contributed by atoms with Gasteiger partial charge in [0.1, 0.15) is 0 Å². The third-order valence-electron chi connectivity index (χ3n) is 4.52. The number of Topliss-reactive ketones (excluding diaryl/α,β-unsaturated/α-hetero) is 1. The lowest BCUT2D eigenvalue weighted by molar-refractivity contribution is -0.115. The molecule has 0 bridgehead atoms. The van der Waals surface area contributed by atoms with Gasteiger partial charge in [0.2, 0.25) is 0 Å². The SMILES string of the molecule is C=C1CC(=O)C(=C(C)C)C[C@@H]2[C@@H]1CC[C@@]2(C)O. The van der Waals surface area contributed by atoms with Crippen LogP contribution in [0.5, 0.6) is 0 Å². The molecule has 2 rings (SSSR count). The third kappa shape index (κ3) is 2.11. The second kappa shape index (κ2) is 4.09. The van der Waals surface area contributed by atoms with Crippen molar-refractivity contribution in [1.82, 2.24) is 0 Å². The highest BCUT2D eigenvalue weighted by Crippen LogP contribution is 2.49. The van der Waals surface area contributed by atoms with Crippen LogP contribution < -0.4 is 0 Å². The average Bonchev–Trinajstić information content (AvgIpc) is 2.41. The number of allylic oxidation sites excluding steroid dienone is 3. The zero-order chi connectivity index (χ0) is 12.8. The van der Waals surface area contributed by atoms with E-state index in [-0.39, 0.29) is 11.7 Å². The number of rotatable bonds is 0. The highest BCUT2D eigenvalue weighted by atomic mass is 16.3. The highest BCUT2D eigenvalue weighted by molar-refractivity contribution is 5.98. The summed E-state index contributed by atoms with van der Waals surface area (Å²) >= 11 is 0. The zero-order valence-electron chi connectivity index (χ0n) is 11.0. The Balaban J connectivity index is 2.40. The van der Waals surface area contributed by atoms with E-state index in [0.717, 1.165) is 36.0 Å². The molecule has 0 aromatic rings. The summed E-state index contributed by atoms with van der Waals surface area (Å²) in [5, 5.41) is 10.4. The molecule has 2 aliphatic rings. The molecule has 2 saturated carbocycles. The zero-order valence-corrected chi connectivity index (χ0v) is 11.0. The van der Waals surface area contributed by atoms with E-state index in [2.05, 4.69) is 6.58 Å². The van der Waals surface area contributed by atoms with Crippen molar-refractivity contribution < 1.29 is 9.90 Å². The molecule has 1 N–H and O–H groups in total. The molecule has 0 amide bonds. The van der Waals surface area contributed by atoms with Crippen molar-refractivity contribution in [3.05, 3.63) is 23.3 Å². The first-order valence-electron chi connectivity index (χ1n) is 6.42. The van der Waals surface area contributed by atoms with E-state index in [0.29, 0.717) is 12.3 Å². The minimum Gasteiger partial charge on any atom is -0.390 e. The van der Waals surface area contributed by atoms with Gasteiger partial charge in [0.15, 0.2) is 5.78 Å². The minimum absolute atomic E-state index is 0.173. The molecule has 2 fully saturated rings. The van der Waals surface area contributed by atoms with Gasteiger partial charge in [0.05, 0.1) is 5.60 Å². The molecule has 3 atom stereocenters. The maximum absolute atomic E-state index is 12.1. The van der Waals surface area contributed by atoms with Gasteiger partial charge >= 0.3 is 0 Å². The van der Waals surface area contributed by atoms with E-state index in [1.807, 2.05) is 20.8 Å². The smallest absolute Gasteiger partial charge is 0.162 e. The standard InChI is InChI=1S/C15H22O2/c1-9(2)12-8-13-11(5-6-15(13,4)17)10(3)7-14(12)16/h11,13,17H,3,5-8H2,1-2,4H3/t11-,13-,15-/m1/s1. The van der Waals surface area contributed by atoms with E-state index in [4.69, 9.17) is 0 Å². The Morgan fingerprint density at radius 1 is 1.47 bits per heavy atom. The molecule has 0 spiro atoms. The van der Waals surface area contributed by atoms with Crippen molar-refractivity contribution >= 4 is 5.78 Å². The number of ketones is 1. The molecular formula is C15H22O2. The number of fused-ring (bicyclic) bond motifs is 1.